The minimum Gasteiger partial charge on any atom is -0.505 e. The van der Waals surface area contributed by atoms with Crippen molar-refractivity contribution < 1.29 is 34.2 Å². The van der Waals surface area contributed by atoms with Gasteiger partial charge in [-0.1, -0.05) is 30.3 Å². The van der Waals surface area contributed by atoms with Crippen LogP contribution in [0.1, 0.15) is 27.9 Å². The van der Waals surface area contributed by atoms with Gasteiger partial charge in [0, 0.05) is 25.7 Å². The highest BCUT2D eigenvalue weighted by atomic mass is 16.3. The molecule has 1 amide bonds. The smallest absolute Gasteiger partial charge is 0.235 e. The highest BCUT2D eigenvalue weighted by molar-refractivity contribution is 6.32. The summed E-state index contributed by atoms with van der Waals surface area (Å²) >= 11 is 0. The maximum absolute atomic E-state index is 14.1. The number of benzene rings is 2. The fourth-order valence-electron chi connectivity index (χ4n) is 7.08. The Morgan fingerprint density at radius 2 is 1.73 bits per heavy atom. The molecule has 0 aromatic heterocycles. The van der Waals surface area contributed by atoms with Crippen molar-refractivity contribution in [2.24, 2.45) is 40.1 Å². The number of amides is 1. The topological polar surface area (TPSA) is 209 Å². The van der Waals surface area contributed by atoms with Gasteiger partial charge in [0.2, 0.25) is 5.91 Å². The fraction of sp³-hybridized carbons (Fsp3) is 0.419. The van der Waals surface area contributed by atoms with Crippen LogP contribution in [0.15, 0.2) is 41.4 Å². The highest BCUT2D eigenvalue weighted by Gasteiger charge is 2.69. The van der Waals surface area contributed by atoms with Crippen molar-refractivity contribution in [3.8, 4) is 5.75 Å². The van der Waals surface area contributed by atoms with Crippen molar-refractivity contribution in [2.45, 2.75) is 31.0 Å². The number of aliphatic hydroxyl groups is 1. The van der Waals surface area contributed by atoms with Crippen molar-refractivity contribution >= 4 is 46.4 Å². The molecule has 13 nitrogen and oxygen atoms in total. The number of nitrogens with one attached hydrogen (secondary N) is 1. The number of likely N-dealkylation sites (N-methyl/N-ethyl adjacent to an activating group) is 1. The average molecular weight is 605 g/mol. The lowest BCUT2D eigenvalue weighted by Gasteiger charge is -2.52. The van der Waals surface area contributed by atoms with Gasteiger partial charge in [0.25, 0.3) is 0 Å². The number of aliphatic imine (C=N–C) groups is 1. The van der Waals surface area contributed by atoms with Gasteiger partial charge in [0.1, 0.15) is 5.75 Å². The van der Waals surface area contributed by atoms with E-state index in [-0.39, 0.29) is 36.6 Å². The second kappa shape index (κ2) is 11.1. The first-order valence-corrected chi connectivity index (χ1v) is 14.2. The molecule has 2 fully saturated rings. The number of primary amides is 1. The lowest BCUT2D eigenvalue weighted by Crippen LogP contribution is -2.74. The van der Waals surface area contributed by atoms with Crippen LogP contribution in [0, 0.1) is 23.7 Å². The summed E-state index contributed by atoms with van der Waals surface area (Å²) in [6, 6.07) is 9.83. The predicted octanol–water partition coefficient (Wildman–Crippen LogP) is -0.140. The highest BCUT2D eigenvalue weighted by Crippen LogP contribution is 2.52. The van der Waals surface area contributed by atoms with Gasteiger partial charge in [0.05, 0.1) is 29.8 Å². The summed E-state index contributed by atoms with van der Waals surface area (Å²) in [6.45, 7) is 0.264. The van der Waals surface area contributed by atoms with Gasteiger partial charge in [-0.15, -0.1) is 0 Å². The fourth-order valence-corrected chi connectivity index (χ4v) is 7.08. The molecule has 2 unspecified atom stereocenters. The van der Waals surface area contributed by atoms with Crippen LogP contribution >= 0.6 is 0 Å². The Bertz CT molecular complexity index is 1600. The second-order valence-electron chi connectivity index (χ2n) is 12.1. The molecule has 0 saturated heterocycles. The Balaban J connectivity index is 1.57. The van der Waals surface area contributed by atoms with Crippen LogP contribution in [0.4, 0.5) is 11.4 Å². The van der Waals surface area contributed by atoms with Gasteiger partial charge >= 0.3 is 0 Å². The molecule has 0 aliphatic heterocycles. The first-order chi connectivity index (χ1) is 20.7. The van der Waals surface area contributed by atoms with Crippen LogP contribution in [0.3, 0.4) is 0 Å². The number of nitrogens with two attached hydrogens (primary N) is 2. The molecule has 7 N–H and O–H groups in total. The van der Waals surface area contributed by atoms with E-state index in [9.17, 15) is 34.2 Å². The third-order valence-corrected chi connectivity index (χ3v) is 9.06. The van der Waals surface area contributed by atoms with Gasteiger partial charge in [-0.3, -0.25) is 28.9 Å². The number of hydrogen-bond donors (Lipinski definition) is 5. The molecule has 0 spiro atoms. The van der Waals surface area contributed by atoms with Crippen LogP contribution in [-0.2, 0) is 32.1 Å². The largest absolute Gasteiger partial charge is 0.505 e. The van der Waals surface area contributed by atoms with E-state index in [0.717, 1.165) is 5.56 Å². The maximum atomic E-state index is 14.1. The molecule has 0 heterocycles. The lowest BCUT2D eigenvalue weighted by molar-refractivity contribution is -0.181. The maximum Gasteiger partial charge on any atom is 0.235 e. The molecular weight excluding hydrogens is 568 g/mol. The SMILES string of the molecule is CN(C)c1cc(NC(N)=NCc2ccccc2)c(O)c2c1C[C@@H]1C[C@@H]3[C@@H](N(C)C)C(=O)C(C(N)=O)C(=O)[C@]3(O)C(=O)C1C2=O. The third kappa shape index (κ3) is 4.72. The number of fused-ring (bicyclic) bond motifs is 3. The lowest BCUT2D eigenvalue weighted by atomic mass is 9.52. The molecule has 232 valence electrons. The van der Waals surface area contributed by atoms with E-state index >= 15 is 0 Å². The van der Waals surface area contributed by atoms with Crippen molar-refractivity contribution in [3.63, 3.8) is 0 Å². The van der Waals surface area contributed by atoms with Crippen LogP contribution < -0.4 is 21.7 Å². The monoisotopic (exact) mass is 604 g/mol. The number of phenolic OH excluding ortho intramolecular Hbond substituents is 1. The van der Waals surface area contributed by atoms with Gasteiger partial charge in [0.15, 0.2) is 40.6 Å². The molecule has 13 heteroatoms. The normalized spacial score (nSPS) is 28.3. The van der Waals surface area contributed by atoms with E-state index in [0.29, 0.717) is 11.3 Å². The molecule has 2 aromatic carbocycles. The van der Waals surface area contributed by atoms with Crippen LogP contribution in [0.5, 0.6) is 5.75 Å². The number of rotatable bonds is 6. The van der Waals surface area contributed by atoms with Crippen molar-refractivity contribution in [3.05, 3.63) is 53.1 Å². The Morgan fingerprint density at radius 1 is 1.07 bits per heavy atom. The number of nitrogens with zero attached hydrogens (tertiary/aromatic N) is 3. The van der Waals surface area contributed by atoms with Crippen molar-refractivity contribution in [1.29, 1.82) is 0 Å². The number of ketones is 4. The Hall–Kier alpha value is -4.62. The molecule has 0 bridgehead atoms. The summed E-state index contributed by atoms with van der Waals surface area (Å²) in [5, 5.41) is 26.0. The van der Waals surface area contributed by atoms with E-state index in [2.05, 4.69) is 10.3 Å². The zero-order valence-corrected chi connectivity index (χ0v) is 24.9. The Labute approximate surface area is 253 Å². The minimum absolute atomic E-state index is 0.0227. The predicted molar refractivity (Wildman–Crippen MR) is 161 cm³/mol. The summed E-state index contributed by atoms with van der Waals surface area (Å²) in [5.74, 6) is -11.1. The standard InChI is InChI=1S/C31H36N6O7/c1-36(2)19-12-18(35-30(33)34-13-14-8-6-5-7-9-14)24(38)21-16(19)10-15-11-17-23(37(3)4)26(40)22(29(32)43)28(42)31(17,44)27(41)20(15)25(21)39/h5-9,12,15,17,20,22-23,38,44H,10-11,13H2,1-4H3,(H2,32,43)(H3,33,34,35)/t15-,17-,20?,22?,23-,31-/m1/s1. The van der Waals surface area contributed by atoms with E-state index in [4.69, 9.17) is 11.5 Å². The number of carbonyl (C=O) groups is 5. The number of anilines is 2. The molecule has 5 rings (SSSR count). The minimum atomic E-state index is -2.79. The second-order valence-corrected chi connectivity index (χ2v) is 12.1. The summed E-state index contributed by atoms with van der Waals surface area (Å²) in [5.41, 5.74) is 10.6. The van der Waals surface area contributed by atoms with Crippen molar-refractivity contribution in [1.82, 2.24) is 4.90 Å². The van der Waals surface area contributed by atoms with Gasteiger partial charge in [-0.2, -0.15) is 0 Å². The number of aromatic hydroxyl groups is 1. The summed E-state index contributed by atoms with van der Waals surface area (Å²) in [4.78, 5) is 74.7. The first-order valence-electron chi connectivity index (χ1n) is 14.2. The number of phenols is 1. The van der Waals surface area contributed by atoms with E-state index < -0.39 is 70.1 Å². The summed E-state index contributed by atoms with van der Waals surface area (Å²) in [6.07, 6.45) is 0.112. The molecule has 6 atom stereocenters. The Kier molecular flexibility index (Phi) is 7.80. The quantitative estimate of drug-likeness (QED) is 0.127. The Morgan fingerprint density at radius 3 is 2.32 bits per heavy atom. The van der Waals surface area contributed by atoms with Gasteiger partial charge in [-0.25, -0.2) is 4.99 Å². The molecule has 0 radical (unpaired) electrons. The summed E-state index contributed by atoms with van der Waals surface area (Å²) < 4.78 is 0. The van der Waals surface area contributed by atoms with Crippen LogP contribution in [-0.4, -0.2) is 89.9 Å². The van der Waals surface area contributed by atoms with Crippen molar-refractivity contribution in [2.75, 3.05) is 38.4 Å². The molecule has 3 aliphatic carbocycles. The molecular formula is C31H36N6O7. The molecule has 44 heavy (non-hydrogen) atoms. The third-order valence-electron chi connectivity index (χ3n) is 9.06. The number of carbonyl (C=O) groups excluding carboxylic acids is 5. The summed E-state index contributed by atoms with van der Waals surface area (Å²) in [7, 11) is 6.60. The molecule has 3 aliphatic rings. The number of guanidine groups is 1. The zero-order chi connectivity index (χ0) is 32.2. The van der Waals surface area contributed by atoms with Gasteiger partial charge < -0.3 is 31.9 Å². The molecule has 2 aromatic rings. The average Bonchev–Trinajstić information content (AvgIpc) is 2.95. The zero-order valence-electron chi connectivity index (χ0n) is 24.9. The number of hydrogen-bond acceptors (Lipinski definition) is 10. The number of Topliss-reactive ketones (excluding diaryl/α,β-unsaturated/α-hetero) is 4. The van der Waals surface area contributed by atoms with Crippen LogP contribution in [0.2, 0.25) is 0 Å². The van der Waals surface area contributed by atoms with E-state index in [1.807, 2.05) is 30.3 Å². The molecule has 2 saturated carbocycles. The first kappa shape index (κ1) is 30.8. The van der Waals surface area contributed by atoms with E-state index in [1.165, 1.54) is 4.90 Å². The van der Waals surface area contributed by atoms with E-state index in [1.54, 1.807) is 39.2 Å². The van der Waals surface area contributed by atoms with Crippen LogP contribution in [0.25, 0.3) is 0 Å². The van der Waals surface area contributed by atoms with Gasteiger partial charge in [-0.05, 0) is 50.0 Å².